The first-order valence-electron chi connectivity index (χ1n) is 4.94. The van der Waals surface area contributed by atoms with E-state index in [0.717, 1.165) is 0 Å². The van der Waals surface area contributed by atoms with E-state index in [4.69, 9.17) is 16.7 Å². The molecule has 0 saturated carbocycles. The van der Waals surface area contributed by atoms with Crippen LogP contribution >= 0.6 is 11.6 Å². The molecule has 7 heteroatoms. The number of benzene rings is 1. The number of aromatic carboxylic acids is 1. The van der Waals surface area contributed by atoms with Gasteiger partial charge in [0.05, 0.1) is 11.3 Å². The quantitative estimate of drug-likeness (QED) is 0.897. The number of aromatic nitrogens is 4. The van der Waals surface area contributed by atoms with E-state index < -0.39 is 5.97 Å². The van der Waals surface area contributed by atoms with Gasteiger partial charge in [0.1, 0.15) is 0 Å². The van der Waals surface area contributed by atoms with Crippen molar-refractivity contribution in [2.24, 2.45) is 0 Å². The number of carboxylic acids is 1. The lowest BCUT2D eigenvalue weighted by Gasteiger charge is -2.07. The Morgan fingerprint density at radius 1 is 1.53 bits per heavy atom. The predicted octanol–water partition coefficient (Wildman–Crippen LogP) is 1.58. The highest BCUT2D eigenvalue weighted by Gasteiger charge is 2.15. The summed E-state index contributed by atoms with van der Waals surface area (Å²) in [5, 5.41) is 20.6. The van der Waals surface area contributed by atoms with Crippen LogP contribution in [-0.2, 0) is 6.42 Å². The van der Waals surface area contributed by atoms with Crippen LogP contribution in [0.3, 0.4) is 0 Å². The van der Waals surface area contributed by atoms with Crippen molar-refractivity contribution >= 4 is 17.6 Å². The lowest BCUT2D eigenvalue weighted by Crippen LogP contribution is -2.09. The first kappa shape index (κ1) is 11.5. The van der Waals surface area contributed by atoms with E-state index in [-0.39, 0.29) is 5.56 Å². The van der Waals surface area contributed by atoms with Crippen molar-refractivity contribution in [1.82, 2.24) is 20.2 Å². The summed E-state index contributed by atoms with van der Waals surface area (Å²) >= 11 is 5.77. The monoisotopic (exact) mass is 252 g/mol. The van der Waals surface area contributed by atoms with E-state index in [0.29, 0.717) is 23.0 Å². The molecular weight excluding hydrogens is 244 g/mol. The number of hydrogen-bond donors (Lipinski definition) is 1. The zero-order valence-corrected chi connectivity index (χ0v) is 9.72. The first-order chi connectivity index (χ1) is 8.13. The molecule has 0 saturated heterocycles. The highest BCUT2D eigenvalue weighted by atomic mass is 35.5. The second-order valence-electron chi connectivity index (χ2n) is 3.33. The molecule has 0 aliphatic carbocycles. The molecule has 2 rings (SSSR count). The number of carboxylic acid groups (broad SMARTS) is 1. The zero-order chi connectivity index (χ0) is 12.4. The highest BCUT2D eigenvalue weighted by Crippen LogP contribution is 2.20. The third kappa shape index (κ3) is 2.12. The molecule has 1 aromatic heterocycles. The fraction of sp³-hybridized carbons (Fsp3) is 0.200. The van der Waals surface area contributed by atoms with Crippen molar-refractivity contribution in [2.45, 2.75) is 13.3 Å². The summed E-state index contributed by atoms with van der Waals surface area (Å²) in [6, 6.07) is 4.56. The molecule has 0 radical (unpaired) electrons. The summed E-state index contributed by atoms with van der Waals surface area (Å²) < 4.78 is 1.40. The highest BCUT2D eigenvalue weighted by molar-refractivity contribution is 6.31. The molecule has 6 nitrogen and oxygen atoms in total. The van der Waals surface area contributed by atoms with Gasteiger partial charge >= 0.3 is 5.97 Å². The Labute approximate surface area is 102 Å². The Kier molecular flexibility index (Phi) is 3.06. The van der Waals surface area contributed by atoms with Gasteiger partial charge in [0.15, 0.2) is 5.82 Å². The van der Waals surface area contributed by atoms with Crippen LogP contribution in [0.4, 0.5) is 0 Å². The van der Waals surface area contributed by atoms with Crippen molar-refractivity contribution in [1.29, 1.82) is 0 Å². The van der Waals surface area contributed by atoms with Gasteiger partial charge in [-0.15, -0.1) is 5.10 Å². The van der Waals surface area contributed by atoms with Crippen LogP contribution in [0.15, 0.2) is 18.2 Å². The molecule has 1 aromatic carbocycles. The van der Waals surface area contributed by atoms with Gasteiger partial charge in [0.25, 0.3) is 0 Å². The van der Waals surface area contributed by atoms with Gasteiger partial charge in [-0.2, -0.15) is 4.68 Å². The van der Waals surface area contributed by atoms with E-state index in [1.54, 1.807) is 12.1 Å². The third-order valence-electron chi connectivity index (χ3n) is 2.27. The topological polar surface area (TPSA) is 80.9 Å². The number of rotatable bonds is 3. The molecule has 1 N–H and O–H groups in total. The number of aryl methyl sites for hydroxylation is 1. The van der Waals surface area contributed by atoms with Gasteiger partial charge in [-0.05, 0) is 28.6 Å². The van der Waals surface area contributed by atoms with Gasteiger partial charge in [0.2, 0.25) is 0 Å². The van der Waals surface area contributed by atoms with Crippen LogP contribution in [0.1, 0.15) is 23.1 Å². The molecule has 0 spiro atoms. The zero-order valence-electron chi connectivity index (χ0n) is 8.96. The van der Waals surface area contributed by atoms with Crippen LogP contribution in [0.5, 0.6) is 0 Å². The van der Waals surface area contributed by atoms with Crippen LogP contribution < -0.4 is 0 Å². The summed E-state index contributed by atoms with van der Waals surface area (Å²) in [5.74, 6) is -0.477. The molecular formula is C10H9ClN4O2. The average molecular weight is 253 g/mol. The predicted molar refractivity (Wildman–Crippen MR) is 60.5 cm³/mol. The normalized spacial score (nSPS) is 10.5. The Bertz CT molecular complexity index is 567. The SMILES string of the molecule is CCc1nnnn1-c1ccc(Cl)cc1C(=O)O. The number of hydrogen-bond acceptors (Lipinski definition) is 4. The second kappa shape index (κ2) is 4.50. The molecule has 0 amide bonds. The molecule has 1 heterocycles. The van der Waals surface area contributed by atoms with Gasteiger partial charge in [0, 0.05) is 11.4 Å². The minimum Gasteiger partial charge on any atom is -0.478 e. The molecule has 0 fully saturated rings. The number of tetrazole rings is 1. The second-order valence-corrected chi connectivity index (χ2v) is 3.76. The van der Waals surface area contributed by atoms with Gasteiger partial charge in [-0.1, -0.05) is 18.5 Å². The minimum atomic E-state index is -1.07. The van der Waals surface area contributed by atoms with E-state index in [1.807, 2.05) is 6.92 Å². The largest absolute Gasteiger partial charge is 0.478 e. The van der Waals surface area contributed by atoms with Crippen LogP contribution in [-0.4, -0.2) is 31.3 Å². The standard InChI is InChI=1S/C10H9ClN4O2/c1-2-9-12-13-14-15(9)8-4-3-6(11)5-7(8)10(16)17/h3-5H,2H2,1H3,(H,16,17). The molecule has 0 bridgehead atoms. The van der Waals surface area contributed by atoms with E-state index in [9.17, 15) is 4.79 Å². The maximum Gasteiger partial charge on any atom is 0.337 e. The molecule has 2 aromatic rings. The van der Waals surface area contributed by atoms with Crippen molar-refractivity contribution in [3.8, 4) is 5.69 Å². The summed E-state index contributed by atoms with van der Waals surface area (Å²) in [4.78, 5) is 11.1. The van der Waals surface area contributed by atoms with Crippen molar-refractivity contribution in [3.05, 3.63) is 34.6 Å². The molecule has 0 aliphatic rings. The lowest BCUT2D eigenvalue weighted by atomic mass is 10.2. The van der Waals surface area contributed by atoms with E-state index in [2.05, 4.69) is 15.5 Å². The van der Waals surface area contributed by atoms with Crippen molar-refractivity contribution in [2.75, 3.05) is 0 Å². The smallest absolute Gasteiger partial charge is 0.337 e. The average Bonchev–Trinajstić information content (AvgIpc) is 2.76. The van der Waals surface area contributed by atoms with Crippen molar-refractivity contribution in [3.63, 3.8) is 0 Å². The summed E-state index contributed by atoms with van der Waals surface area (Å²) in [7, 11) is 0. The Balaban J connectivity index is 2.63. The summed E-state index contributed by atoms with van der Waals surface area (Å²) in [6.45, 7) is 1.89. The number of nitrogens with zero attached hydrogens (tertiary/aromatic N) is 4. The van der Waals surface area contributed by atoms with E-state index >= 15 is 0 Å². The van der Waals surface area contributed by atoms with Crippen LogP contribution in [0.2, 0.25) is 5.02 Å². The van der Waals surface area contributed by atoms with Crippen molar-refractivity contribution < 1.29 is 9.90 Å². The molecule has 88 valence electrons. The summed E-state index contributed by atoms with van der Waals surface area (Å²) in [5.41, 5.74) is 0.475. The third-order valence-corrected chi connectivity index (χ3v) is 2.50. The number of halogens is 1. The minimum absolute atomic E-state index is 0.0690. The van der Waals surface area contributed by atoms with E-state index in [1.165, 1.54) is 10.7 Å². The van der Waals surface area contributed by atoms with Crippen LogP contribution in [0.25, 0.3) is 5.69 Å². The Morgan fingerprint density at radius 3 is 2.94 bits per heavy atom. The number of carbonyl (C=O) groups is 1. The fourth-order valence-electron chi connectivity index (χ4n) is 1.48. The maximum atomic E-state index is 11.1. The molecule has 17 heavy (non-hydrogen) atoms. The van der Waals surface area contributed by atoms with Crippen LogP contribution in [0, 0.1) is 0 Å². The molecule has 0 unspecified atom stereocenters. The molecule has 0 aliphatic heterocycles. The van der Waals surface area contributed by atoms with Gasteiger partial charge < -0.3 is 5.11 Å². The Hall–Kier alpha value is -1.95. The molecule has 0 atom stereocenters. The Morgan fingerprint density at radius 2 is 2.29 bits per heavy atom. The maximum absolute atomic E-state index is 11.1. The first-order valence-corrected chi connectivity index (χ1v) is 5.31. The van der Waals surface area contributed by atoms with Gasteiger partial charge in [-0.3, -0.25) is 0 Å². The van der Waals surface area contributed by atoms with Gasteiger partial charge in [-0.25, -0.2) is 4.79 Å². The summed E-state index contributed by atoms with van der Waals surface area (Å²) in [6.07, 6.45) is 0.606. The fourth-order valence-corrected chi connectivity index (χ4v) is 1.65. The lowest BCUT2D eigenvalue weighted by molar-refractivity contribution is 0.0696.